The van der Waals surface area contributed by atoms with Gasteiger partial charge in [0.2, 0.25) is 0 Å². The number of nitrogen functional groups attached to an aromatic ring is 1. The zero-order valence-corrected chi connectivity index (χ0v) is 16.3. The first-order valence-electron chi connectivity index (χ1n) is 8.38. The number of carbonyl (C=O) groups excluding carboxylic acids is 1. The fourth-order valence-corrected chi connectivity index (χ4v) is 4.01. The molecule has 1 atom stereocenters. The van der Waals surface area contributed by atoms with Crippen molar-refractivity contribution in [3.8, 4) is 5.69 Å². The van der Waals surface area contributed by atoms with Crippen molar-refractivity contribution in [2.75, 3.05) is 5.73 Å². The smallest absolute Gasteiger partial charge is 0.399 e. The van der Waals surface area contributed by atoms with Crippen LogP contribution in [0.5, 0.6) is 0 Å². The van der Waals surface area contributed by atoms with E-state index >= 15 is 0 Å². The van der Waals surface area contributed by atoms with Gasteiger partial charge in [-0.15, -0.1) is 0 Å². The monoisotopic (exact) mass is 436 g/mol. The third-order valence-electron chi connectivity index (χ3n) is 4.25. The predicted octanol–water partition coefficient (Wildman–Crippen LogP) is 2.41. The fourth-order valence-electron chi connectivity index (χ4n) is 2.79. The van der Waals surface area contributed by atoms with Gasteiger partial charge in [-0.2, -0.15) is 13.2 Å². The standard InChI is InChI=1S/C19H15F3N4O3S/c1-10-15(30(29)13-4-2-11(23)3-5-13)9-14(17(24)27)18(28)26(10)12-6-7-25-16(8-12)19(20,21)22/h2-9H,23H2,1H3,(H2,24,27). The molecule has 1 amide bonds. The summed E-state index contributed by atoms with van der Waals surface area (Å²) in [5, 5.41) is 0. The van der Waals surface area contributed by atoms with Crippen LogP contribution in [0.4, 0.5) is 18.9 Å². The Balaban J connectivity index is 2.29. The molecule has 30 heavy (non-hydrogen) atoms. The van der Waals surface area contributed by atoms with Crippen molar-refractivity contribution in [2.45, 2.75) is 22.9 Å². The molecular formula is C19H15F3N4O3S. The number of carbonyl (C=O) groups is 1. The highest BCUT2D eigenvalue weighted by atomic mass is 32.2. The van der Waals surface area contributed by atoms with Gasteiger partial charge in [0.15, 0.2) is 0 Å². The molecule has 11 heteroatoms. The summed E-state index contributed by atoms with van der Waals surface area (Å²) in [6.07, 6.45) is -3.86. The van der Waals surface area contributed by atoms with Crippen LogP contribution in [-0.4, -0.2) is 19.7 Å². The number of amides is 1. The molecule has 1 aromatic carbocycles. The molecule has 0 aliphatic carbocycles. The number of halogens is 3. The maximum Gasteiger partial charge on any atom is 0.433 e. The molecule has 3 rings (SSSR count). The average molecular weight is 436 g/mol. The minimum atomic E-state index is -4.75. The molecule has 7 nitrogen and oxygen atoms in total. The maximum atomic E-state index is 13.1. The van der Waals surface area contributed by atoms with Crippen LogP contribution in [0.3, 0.4) is 0 Å². The van der Waals surface area contributed by atoms with E-state index in [1.807, 2.05) is 0 Å². The molecule has 0 aliphatic heterocycles. The van der Waals surface area contributed by atoms with Crippen LogP contribution in [-0.2, 0) is 17.0 Å². The number of rotatable bonds is 4. The van der Waals surface area contributed by atoms with E-state index in [4.69, 9.17) is 11.5 Å². The second kappa shape index (κ2) is 7.75. The summed E-state index contributed by atoms with van der Waals surface area (Å²) < 4.78 is 53.2. The summed E-state index contributed by atoms with van der Waals surface area (Å²) in [5.41, 5.74) is 8.56. The van der Waals surface area contributed by atoms with Crippen molar-refractivity contribution in [2.24, 2.45) is 5.73 Å². The highest BCUT2D eigenvalue weighted by Crippen LogP contribution is 2.29. The number of benzene rings is 1. The van der Waals surface area contributed by atoms with Crippen molar-refractivity contribution in [3.63, 3.8) is 0 Å². The lowest BCUT2D eigenvalue weighted by Gasteiger charge is -2.16. The Morgan fingerprint density at radius 2 is 1.77 bits per heavy atom. The molecule has 4 N–H and O–H groups in total. The molecule has 0 saturated heterocycles. The van der Waals surface area contributed by atoms with Gasteiger partial charge in [0, 0.05) is 22.5 Å². The van der Waals surface area contributed by atoms with E-state index in [2.05, 4.69) is 4.98 Å². The first-order chi connectivity index (χ1) is 14.0. The Hall–Kier alpha value is -3.47. The summed E-state index contributed by atoms with van der Waals surface area (Å²) in [6, 6.07) is 8.96. The van der Waals surface area contributed by atoms with Crippen LogP contribution in [0.25, 0.3) is 5.69 Å². The molecule has 1 unspecified atom stereocenters. The van der Waals surface area contributed by atoms with E-state index < -0.39 is 39.7 Å². The van der Waals surface area contributed by atoms with Gasteiger partial charge < -0.3 is 11.5 Å². The SMILES string of the molecule is Cc1c(S(=O)c2ccc(N)cc2)cc(C(N)=O)c(=O)n1-c1ccnc(C(F)(F)F)c1. The van der Waals surface area contributed by atoms with Gasteiger partial charge in [-0.05, 0) is 49.4 Å². The number of pyridine rings is 2. The lowest BCUT2D eigenvalue weighted by atomic mass is 10.2. The van der Waals surface area contributed by atoms with Gasteiger partial charge in [0.25, 0.3) is 11.5 Å². The summed E-state index contributed by atoms with van der Waals surface area (Å²) in [7, 11) is -1.87. The van der Waals surface area contributed by atoms with E-state index in [0.717, 1.165) is 16.8 Å². The van der Waals surface area contributed by atoms with E-state index in [0.29, 0.717) is 16.6 Å². The van der Waals surface area contributed by atoms with Gasteiger partial charge in [-0.1, -0.05) is 0 Å². The minimum Gasteiger partial charge on any atom is -0.399 e. The average Bonchev–Trinajstić information content (AvgIpc) is 2.67. The van der Waals surface area contributed by atoms with Gasteiger partial charge in [0.05, 0.1) is 21.4 Å². The first kappa shape index (κ1) is 21.2. The van der Waals surface area contributed by atoms with Crippen molar-refractivity contribution >= 4 is 22.4 Å². The Kier molecular flexibility index (Phi) is 5.49. The van der Waals surface area contributed by atoms with Crippen molar-refractivity contribution in [1.82, 2.24) is 9.55 Å². The number of nitrogens with zero attached hydrogens (tertiary/aromatic N) is 2. The van der Waals surface area contributed by atoms with Gasteiger partial charge in [0.1, 0.15) is 11.3 Å². The van der Waals surface area contributed by atoms with Gasteiger partial charge in [-0.3, -0.25) is 19.1 Å². The van der Waals surface area contributed by atoms with E-state index in [-0.39, 0.29) is 16.3 Å². The number of hydrogen-bond acceptors (Lipinski definition) is 5. The minimum absolute atomic E-state index is 0.0403. The largest absolute Gasteiger partial charge is 0.433 e. The second-order valence-corrected chi connectivity index (χ2v) is 7.70. The topological polar surface area (TPSA) is 121 Å². The van der Waals surface area contributed by atoms with Crippen LogP contribution in [0, 0.1) is 6.92 Å². The van der Waals surface area contributed by atoms with Crippen LogP contribution in [0.1, 0.15) is 21.7 Å². The molecule has 156 valence electrons. The highest BCUT2D eigenvalue weighted by molar-refractivity contribution is 7.85. The Labute approximate surface area is 170 Å². The molecule has 0 spiro atoms. The molecule has 0 fully saturated rings. The number of alkyl halides is 3. The van der Waals surface area contributed by atoms with Crippen molar-refractivity contribution in [1.29, 1.82) is 0 Å². The number of aromatic nitrogens is 2. The fraction of sp³-hybridized carbons (Fsp3) is 0.105. The highest BCUT2D eigenvalue weighted by Gasteiger charge is 2.33. The van der Waals surface area contributed by atoms with Crippen LogP contribution in [0.15, 0.2) is 63.2 Å². The number of nitrogens with two attached hydrogens (primary N) is 2. The van der Waals surface area contributed by atoms with Crippen LogP contribution >= 0.6 is 0 Å². The molecular weight excluding hydrogens is 421 g/mol. The number of anilines is 1. The Bertz CT molecular complexity index is 1220. The predicted molar refractivity (Wildman–Crippen MR) is 104 cm³/mol. The third kappa shape index (κ3) is 3.96. The van der Waals surface area contributed by atoms with Gasteiger partial charge in [-0.25, -0.2) is 4.21 Å². The molecule has 0 saturated carbocycles. The van der Waals surface area contributed by atoms with Crippen LogP contribution in [0.2, 0.25) is 0 Å². The zero-order chi connectivity index (χ0) is 22.2. The van der Waals surface area contributed by atoms with E-state index in [1.165, 1.54) is 37.3 Å². The second-order valence-electron chi connectivity index (χ2n) is 6.25. The Morgan fingerprint density at radius 1 is 1.13 bits per heavy atom. The zero-order valence-electron chi connectivity index (χ0n) is 15.4. The molecule has 3 aromatic rings. The summed E-state index contributed by atoms with van der Waals surface area (Å²) in [4.78, 5) is 28.2. The number of primary amides is 1. The lowest BCUT2D eigenvalue weighted by Crippen LogP contribution is -2.31. The summed E-state index contributed by atoms with van der Waals surface area (Å²) in [6.45, 7) is 1.41. The molecule has 2 heterocycles. The maximum absolute atomic E-state index is 13.1. The lowest BCUT2D eigenvalue weighted by molar-refractivity contribution is -0.141. The van der Waals surface area contributed by atoms with Crippen LogP contribution < -0.4 is 17.0 Å². The molecule has 0 radical (unpaired) electrons. The van der Waals surface area contributed by atoms with Gasteiger partial charge >= 0.3 is 6.18 Å². The van der Waals surface area contributed by atoms with E-state index in [1.54, 1.807) is 0 Å². The van der Waals surface area contributed by atoms with Crippen molar-refractivity contribution < 1.29 is 22.2 Å². The Morgan fingerprint density at radius 3 is 2.33 bits per heavy atom. The van der Waals surface area contributed by atoms with Crippen molar-refractivity contribution in [3.05, 3.63) is 76.0 Å². The quantitative estimate of drug-likeness (QED) is 0.609. The normalized spacial score (nSPS) is 12.5. The molecule has 0 bridgehead atoms. The van der Waals surface area contributed by atoms with E-state index in [9.17, 15) is 27.0 Å². The summed E-state index contributed by atoms with van der Waals surface area (Å²) in [5.74, 6) is -1.10. The molecule has 0 aliphatic rings. The third-order valence-corrected chi connectivity index (χ3v) is 5.77. The summed E-state index contributed by atoms with van der Waals surface area (Å²) >= 11 is 0. The molecule has 2 aromatic heterocycles. The first-order valence-corrected chi connectivity index (χ1v) is 9.53. The number of hydrogen-bond donors (Lipinski definition) is 2.